The highest BCUT2D eigenvalue weighted by Gasteiger charge is 2.23. The molecule has 1 aliphatic carbocycles. The third kappa shape index (κ3) is 1.45. The molecule has 2 aromatic rings. The Balaban J connectivity index is 2.20. The van der Waals surface area contributed by atoms with E-state index in [9.17, 15) is 4.79 Å². The molecule has 0 N–H and O–H groups in total. The highest BCUT2D eigenvalue weighted by Crippen LogP contribution is 2.39. The van der Waals surface area contributed by atoms with Crippen LogP contribution in [-0.2, 0) is 4.74 Å². The van der Waals surface area contributed by atoms with Crippen molar-refractivity contribution >= 4 is 5.97 Å². The number of fused-ring (bicyclic) bond motifs is 3. The summed E-state index contributed by atoms with van der Waals surface area (Å²) in [5, 5.41) is 0. The van der Waals surface area contributed by atoms with Crippen molar-refractivity contribution in [2.45, 2.75) is 0 Å². The number of benzene rings is 2. The Hall–Kier alpha value is -2.09. The third-order valence-corrected chi connectivity index (χ3v) is 3.06. The molecule has 0 atom stereocenters. The summed E-state index contributed by atoms with van der Waals surface area (Å²) in [7, 11) is 1.41. The second-order valence-electron chi connectivity index (χ2n) is 3.99. The van der Waals surface area contributed by atoms with Crippen LogP contribution in [0.2, 0.25) is 0 Å². The lowest BCUT2D eigenvalue weighted by molar-refractivity contribution is 0.0600. The fourth-order valence-corrected chi connectivity index (χ4v) is 2.27. The molecule has 0 saturated carbocycles. The Morgan fingerprint density at radius 3 is 2.59 bits per heavy atom. The summed E-state index contributed by atoms with van der Waals surface area (Å²) in [6, 6.07) is 13.8. The first-order valence-corrected chi connectivity index (χ1v) is 5.47. The average Bonchev–Trinajstić information content (AvgIpc) is 2.76. The fourth-order valence-electron chi connectivity index (χ4n) is 2.27. The number of hydrogen-bond donors (Lipinski definition) is 0. The van der Waals surface area contributed by atoms with Crippen LogP contribution in [0.4, 0.5) is 0 Å². The monoisotopic (exact) mass is 223 g/mol. The van der Waals surface area contributed by atoms with Crippen LogP contribution in [0, 0.1) is 6.42 Å². The molecule has 0 heterocycles. The molecule has 3 rings (SSSR count). The van der Waals surface area contributed by atoms with Gasteiger partial charge in [-0.05, 0) is 28.3 Å². The van der Waals surface area contributed by atoms with Gasteiger partial charge in [-0.25, -0.2) is 4.79 Å². The molecule has 17 heavy (non-hydrogen) atoms. The summed E-state index contributed by atoms with van der Waals surface area (Å²) < 4.78 is 4.80. The molecular formula is C15H11O2. The number of esters is 1. The second-order valence-corrected chi connectivity index (χ2v) is 3.99. The highest BCUT2D eigenvalue weighted by atomic mass is 16.5. The Morgan fingerprint density at radius 1 is 1.00 bits per heavy atom. The maximum atomic E-state index is 11.7. The zero-order valence-corrected chi connectivity index (χ0v) is 9.44. The lowest BCUT2D eigenvalue weighted by Gasteiger charge is -2.05. The molecule has 0 aromatic heterocycles. The molecule has 0 spiro atoms. The molecule has 0 aliphatic heterocycles. The minimum Gasteiger partial charge on any atom is -0.465 e. The third-order valence-electron chi connectivity index (χ3n) is 3.06. The van der Waals surface area contributed by atoms with E-state index in [0.29, 0.717) is 5.56 Å². The minimum absolute atomic E-state index is 0.286. The molecule has 0 saturated heterocycles. The van der Waals surface area contributed by atoms with E-state index in [0.717, 1.165) is 16.7 Å². The SMILES string of the molecule is COC(=O)c1cccc2c1[CH]c1ccccc1-2. The predicted molar refractivity (Wildman–Crippen MR) is 65.7 cm³/mol. The predicted octanol–water partition coefficient (Wildman–Crippen LogP) is 3.05. The molecule has 0 bridgehead atoms. The van der Waals surface area contributed by atoms with Gasteiger partial charge in [-0.15, -0.1) is 0 Å². The second kappa shape index (κ2) is 3.74. The molecule has 83 valence electrons. The van der Waals surface area contributed by atoms with Crippen molar-refractivity contribution < 1.29 is 9.53 Å². The molecule has 1 aliphatic rings. The van der Waals surface area contributed by atoms with Gasteiger partial charge in [0.15, 0.2) is 0 Å². The molecule has 2 nitrogen and oxygen atoms in total. The summed E-state index contributed by atoms with van der Waals surface area (Å²) in [4.78, 5) is 11.7. The van der Waals surface area contributed by atoms with Crippen LogP contribution in [0.3, 0.4) is 0 Å². The molecule has 0 unspecified atom stereocenters. The van der Waals surface area contributed by atoms with Crippen molar-refractivity contribution in [3.05, 3.63) is 65.6 Å². The van der Waals surface area contributed by atoms with Crippen LogP contribution in [0.5, 0.6) is 0 Å². The topological polar surface area (TPSA) is 26.3 Å². The van der Waals surface area contributed by atoms with Crippen LogP contribution < -0.4 is 0 Å². The van der Waals surface area contributed by atoms with Crippen LogP contribution in [0.15, 0.2) is 42.5 Å². The molecule has 0 amide bonds. The maximum absolute atomic E-state index is 11.7. The van der Waals surface area contributed by atoms with Gasteiger partial charge in [0.05, 0.1) is 12.7 Å². The van der Waals surface area contributed by atoms with Crippen molar-refractivity contribution in [2.24, 2.45) is 0 Å². The molecule has 2 aromatic carbocycles. The van der Waals surface area contributed by atoms with Gasteiger partial charge in [-0.2, -0.15) is 0 Å². The zero-order valence-electron chi connectivity index (χ0n) is 9.44. The van der Waals surface area contributed by atoms with Crippen molar-refractivity contribution in [3.63, 3.8) is 0 Å². The minimum atomic E-state index is -0.286. The van der Waals surface area contributed by atoms with Crippen LogP contribution in [0.1, 0.15) is 21.5 Å². The Kier molecular flexibility index (Phi) is 2.22. The van der Waals surface area contributed by atoms with Crippen molar-refractivity contribution in [3.8, 4) is 11.1 Å². The quantitative estimate of drug-likeness (QED) is 0.593. The largest absolute Gasteiger partial charge is 0.465 e. The van der Waals surface area contributed by atoms with Gasteiger partial charge in [0.25, 0.3) is 0 Å². The Labute approximate surface area is 99.9 Å². The summed E-state index contributed by atoms with van der Waals surface area (Å²) in [5.41, 5.74) is 5.01. The smallest absolute Gasteiger partial charge is 0.338 e. The van der Waals surface area contributed by atoms with Gasteiger partial charge in [-0.3, -0.25) is 0 Å². The van der Waals surface area contributed by atoms with Gasteiger partial charge in [0, 0.05) is 6.42 Å². The molecule has 2 heteroatoms. The number of methoxy groups -OCH3 is 1. The summed E-state index contributed by atoms with van der Waals surface area (Å²) >= 11 is 0. The van der Waals surface area contributed by atoms with Crippen LogP contribution in [-0.4, -0.2) is 13.1 Å². The first-order chi connectivity index (χ1) is 8.31. The summed E-state index contributed by atoms with van der Waals surface area (Å²) in [5.74, 6) is -0.286. The standard InChI is InChI=1S/C15H11O2/c1-17-15(16)13-8-4-7-12-11-6-3-2-5-10(11)9-14(12)13/h2-9H,1H3. The van der Waals surface area contributed by atoms with Crippen molar-refractivity contribution in [1.82, 2.24) is 0 Å². The first-order valence-electron chi connectivity index (χ1n) is 5.47. The zero-order chi connectivity index (χ0) is 11.8. The van der Waals surface area contributed by atoms with E-state index in [1.54, 1.807) is 6.07 Å². The number of carbonyl (C=O) groups excluding carboxylic acids is 1. The lowest BCUT2D eigenvalue weighted by atomic mass is 10.0. The Bertz CT molecular complexity index is 600. The van der Waals surface area contributed by atoms with E-state index < -0.39 is 0 Å². The number of carbonyl (C=O) groups is 1. The van der Waals surface area contributed by atoms with E-state index in [-0.39, 0.29) is 5.97 Å². The normalized spacial score (nSPS) is 11.8. The number of hydrogen-bond acceptors (Lipinski definition) is 2. The molecule has 1 radical (unpaired) electrons. The van der Waals surface area contributed by atoms with Crippen LogP contribution >= 0.6 is 0 Å². The van der Waals surface area contributed by atoms with Crippen LogP contribution in [0.25, 0.3) is 11.1 Å². The maximum Gasteiger partial charge on any atom is 0.338 e. The van der Waals surface area contributed by atoms with Crippen molar-refractivity contribution in [1.29, 1.82) is 0 Å². The fraction of sp³-hybridized carbons (Fsp3) is 0.0667. The summed E-state index contributed by atoms with van der Waals surface area (Å²) in [6.45, 7) is 0. The van der Waals surface area contributed by atoms with E-state index >= 15 is 0 Å². The lowest BCUT2D eigenvalue weighted by Crippen LogP contribution is -2.04. The Morgan fingerprint density at radius 2 is 1.76 bits per heavy atom. The van der Waals surface area contributed by atoms with Gasteiger partial charge in [0.1, 0.15) is 0 Å². The van der Waals surface area contributed by atoms with E-state index in [1.165, 1.54) is 12.7 Å². The van der Waals surface area contributed by atoms with Gasteiger partial charge in [0.2, 0.25) is 0 Å². The molecular weight excluding hydrogens is 212 g/mol. The van der Waals surface area contributed by atoms with E-state index in [4.69, 9.17) is 4.74 Å². The van der Waals surface area contributed by atoms with Gasteiger partial charge in [-0.1, -0.05) is 36.4 Å². The van der Waals surface area contributed by atoms with Gasteiger partial charge >= 0.3 is 5.97 Å². The number of ether oxygens (including phenoxy) is 1. The molecule has 0 fully saturated rings. The van der Waals surface area contributed by atoms with E-state index in [2.05, 4.69) is 12.1 Å². The highest BCUT2D eigenvalue weighted by molar-refractivity contribution is 5.97. The van der Waals surface area contributed by atoms with Crippen molar-refractivity contribution in [2.75, 3.05) is 7.11 Å². The number of rotatable bonds is 1. The average molecular weight is 223 g/mol. The van der Waals surface area contributed by atoms with E-state index in [1.807, 2.05) is 30.7 Å². The van der Waals surface area contributed by atoms with Gasteiger partial charge < -0.3 is 4.74 Å². The first kappa shape index (κ1) is 10.1. The summed E-state index contributed by atoms with van der Waals surface area (Å²) in [6.07, 6.45) is 2.04.